The Balaban J connectivity index is 2.34. The van der Waals surface area contributed by atoms with Crippen molar-refractivity contribution in [2.75, 3.05) is 11.4 Å². The second kappa shape index (κ2) is 3.99. The molecule has 1 amide bonds. The van der Waals surface area contributed by atoms with Gasteiger partial charge in [0.25, 0.3) is 0 Å². The fourth-order valence-electron chi connectivity index (χ4n) is 1.94. The summed E-state index contributed by atoms with van der Waals surface area (Å²) in [4.78, 5) is 13.1. The average Bonchev–Trinajstić information content (AvgIpc) is 2.70. The molecule has 0 bridgehead atoms. The summed E-state index contributed by atoms with van der Waals surface area (Å²) in [6, 6.07) is 0. The van der Waals surface area contributed by atoms with Crippen molar-refractivity contribution in [2.24, 2.45) is 0 Å². The third-order valence-corrected chi connectivity index (χ3v) is 4.62. The van der Waals surface area contributed by atoms with Crippen LogP contribution in [0.25, 0.3) is 0 Å². The molecule has 1 aliphatic heterocycles. The average molecular weight is 279 g/mol. The molecule has 0 radical (unpaired) electrons. The van der Waals surface area contributed by atoms with Crippen LogP contribution in [0.3, 0.4) is 0 Å². The third-order valence-electron chi connectivity index (χ3n) is 2.75. The highest BCUT2D eigenvalue weighted by Gasteiger charge is 2.39. The van der Waals surface area contributed by atoms with Crippen molar-refractivity contribution >= 4 is 31.3 Å². The van der Waals surface area contributed by atoms with E-state index in [0.717, 1.165) is 0 Å². The molecule has 0 aliphatic carbocycles. The maximum atomic E-state index is 11.8. The first-order valence-corrected chi connectivity index (χ1v) is 7.34. The molecule has 0 N–H and O–H groups in total. The Hall–Kier alpha value is -1.08. The maximum absolute atomic E-state index is 11.8. The molecule has 1 saturated heterocycles. The van der Waals surface area contributed by atoms with Crippen LogP contribution in [0.1, 0.15) is 17.9 Å². The Morgan fingerprint density at radius 2 is 2.12 bits per heavy atom. The Labute approximate surface area is 103 Å². The molecular formula is C9H11ClN2O4S. The highest BCUT2D eigenvalue weighted by Crippen LogP contribution is 2.31. The molecule has 8 heteroatoms. The number of hydrogen-bond acceptors (Lipinski definition) is 5. The molecule has 1 atom stereocenters. The second-order valence-electron chi connectivity index (χ2n) is 3.98. The van der Waals surface area contributed by atoms with Crippen molar-refractivity contribution < 1.29 is 17.7 Å². The van der Waals surface area contributed by atoms with E-state index in [9.17, 15) is 13.2 Å². The predicted octanol–water partition coefficient (Wildman–Crippen LogP) is 0.965. The first kappa shape index (κ1) is 12.4. The molecule has 1 aromatic heterocycles. The number of halogens is 1. The van der Waals surface area contributed by atoms with Crippen LogP contribution in [0.4, 0.5) is 5.69 Å². The lowest BCUT2D eigenvalue weighted by Crippen LogP contribution is -2.27. The summed E-state index contributed by atoms with van der Waals surface area (Å²) in [6.45, 7) is 3.42. The van der Waals surface area contributed by atoms with Crippen LogP contribution < -0.4 is 4.90 Å². The van der Waals surface area contributed by atoms with Crippen molar-refractivity contribution in [1.29, 1.82) is 0 Å². The van der Waals surface area contributed by atoms with Gasteiger partial charge in [0.2, 0.25) is 15.0 Å². The highest BCUT2D eigenvalue weighted by atomic mass is 35.7. The summed E-state index contributed by atoms with van der Waals surface area (Å²) >= 11 is 0. The fraction of sp³-hybridized carbons (Fsp3) is 0.556. The molecule has 94 valence electrons. The van der Waals surface area contributed by atoms with Crippen LogP contribution in [0.5, 0.6) is 0 Å². The van der Waals surface area contributed by atoms with E-state index < -0.39 is 14.3 Å². The van der Waals surface area contributed by atoms with Gasteiger partial charge in [-0.2, -0.15) is 0 Å². The van der Waals surface area contributed by atoms with Crippen molar-refractivity contribution in [2.45, 2.75) is 25.5 Å². The van der Waals surface area contributed by atoms with Crippen LogP contribution in [0, 0.1) is 13.8 Å². The maximum Gasteiger partial charge on any atom is 0.237 e. The summed E-state index contributed by atoms with van der Waals surface area (Å²) in [5.41, 5.74) is 1.10. The first-order valence-electron chi connectivity index (χ1n) is 4.97. The number of anilines is 1. The molecule has 2 rings (SSSR count). The minimum atomic E-state index is -3.73. The molecule has 1 fully saturated rings. The molecule has 1 aliphatic rings. The number of aryl methyl sites for hydroxylation is 2. The summed E-state index contributed by atoms with van der Waals surface area (Å²) in [5.74, 6) is 0.206. The molecule has 17 heavy (non-hydrogen) atoms. The summed E-state index contributed by atoms with van der Waals surface area (Å²) in [7, 11) is 1.54. The number of carbonyl (C=O) groups is 1. The van der Waals surface area contributed by atoms with Gasteiger partial charge in [0.1, 0.15) is 16.6 Å². The first-order chi connectivity index (χ1) is 7.80. The molecule has 0 saturated carbocycles. The van der Waals surface area contributed by atoms with E-state index >= 15 is 0 Å². The van der Waals surface area contributed by atoms with Crippen LogP contribution in [0.15, 0.2) is 4.52 Å². The lowest BCUT2D eigenvalue weighted by atomic mass is 10.3. The van der Waals surface area contributed by atoms with Gasteiger partial charge in [-0.15, -0.1) is 0 Å². The number of nitrogens with zero attached hydrogens (tertiary/aromatic N) is 2. The fourth-order valence-corrected chi connectivity index (χ4v) is 2.97. The molecule has 1 aromatic rings. The van der Waals surface area contributed by atoms with Crippen molar-refractivity contribution in [3.05, 3.63) is 11.5 Å². The monoisotopic (exact) mass is 278 g/mol. The van der Waals surface area contributed by atoms with Gasteiger partial charge >= 0.3 is 0 Å². The van der Waals surface area contributed by atoms with Crippen LogP contribution in [0.2, 0.25) is 0 Å². The largest absolute Gasteiger partial charge is 0.359 e. The highest BCUT2D eigenvalue weighted by molar-refractivity contribution is 8.14. The molecule has 6 nitrogen and oxygen atoms in total. The van der Waals surface area contributed by atoms with Gasteiger partial charge < -0.3 is 9.42 Å². The number of amides is 1. The quantitative estimate of drug-likeness (QED) is 0.753. The Morgan fingerprint density at radius 3 is 2.53 bits per heavy atom. The molecule has 0 spiro atoms. The summed E-state index contributed by atoms with van der Waals surface area (Å²) in [6.07, 6.45) is -0.101. The van der Waals surface area contributed by atoms with Crippen LogP contribution >= 0.6 is 10.7 Å². The van der Waals surface area contributed by atoms with Crippen molar-refractivity contribution in [3.63, 3.8) is 0 Å². The van der Waals surface area contributed by atoms with Crippen LogP contribution in [-0.4, -0.2) is 31.3 Å². The predicted molar refractivity (Wildman–Crippen MR) is 61.5 cm³/mol. The number of aromatic nitrogens is 1. The van der Waals surface area contributed by atoms with E-state index in [-0.39, 0.29) is 18.9 Å². The Morgan fingerprint density at radius 1 is 1.47 bits per heavy atom. The Bertz CT molecular complexity index is 546. The minimum absolute atomic E-state index is 0.0492. The van der Waals surface area contributed by atoms with Crippen molar-refractivity contribution in [3.8, 4) is 0 Å². The van der Waals surface area contributed by atoms with Gasteiger partial charge in [0.15, 0.2) is 5.76 Å². The number of carbonyl (C=O) groups excluding carboxylic acids is 1. The number of hydrogen-bond donors (Lipinski definition) is 0. The van der Waals surface area contributed by atoms with E-state index in [1.807, 2.05) is 0 Å². The van der Waals surface area contributed by atoms with E-state index in [2.05, 4.69) is 5.16 Å². The van der Waals surface area contributed by atoms with Gasteiger partial charge in [-0.1, -0.05) is 5.16 Å². The van der Waals surface area contributed by atoms with Gasteiger partial charge in [0, 0.05) is 23.6 Å². The minimum Gasteiger partial charge on any atom is -0.359 e. The zero-order valence-corrected chi connectivity index (χ0v) is 10.9. The zero-order valence-electron chi connectivity index (χ0n) is 9.31. The SMILES string of the molecule is Cc1noc(C)c1N1CC(S(=O)(=O)Cl)CC1=O. The van der Waals surface area contributed by atoms with E-state index in [1.165, 1.54) is 4.90 Å². The van der Waals surface area contributed by atoms with E-state index in [1.54, 1.807) is 13.8 Å². The second-order valence-corrected chi connectivity index (χ2v) is 6.89. The lowest BCUT2D eigenvalue weighted by Gasteiger charge is -2.14. The van der Waals surface area contributed by atoms with Crippen LogP contribution in [-0.2, 0) is 13.8 Å². The normalized spacial score (nSPS) is 21.2. The molecule has 0 aromatic carbocycles. The van der Waals surface area contributed by atoms with Gasteiger partial charge in [-0.25, -0.2) is 8.42 Å². The zero-order chi connectivity index (χ0) is 12.8. The van der Waals surface area contributed by atoms with E-state index in [0.29, 0.717) is 17.1 Å². The summed E-state index contributed by atoms with van der Waals surface area (Å²) < 4.78 is 27.4. The standard InChI is InChI=1S/C9H11ClN2O4S/c1-5-9(6(2)16-11-5)12-4-7(3-8(12)13)17(10,14)15/h7H,3-4H2,1-2H3. The Kier molecular flexibility index (Phi) is 2.90. The molecule has 1 unspecified atom stereocenters. The lowest BCUT2D eigenvalue weighted by molar-refractivity contribution is -0.117. The number of rotatable bonds is 2. The van der Waals surface area contributed by atoms with Crippen molar-refractivity contribution in [1.82, 2.24) is 5.16 Å². The van der Waals surface area contributed by atoms with E-state index in [4.69, 9.17) is 15.2 Å². The van der Waals surface area contributed by atoms with Gasteiger partial charge in [-0.05, 0) is 13.8 Å². The summed E-state index contributed by atoms with van der Waals surface area (Å²) in [5, 5.41) is 2.86. The van der Waals surface area contributed by atoms with Gasteiger partial charge in [-0.3, -0.25) is 4.79 Å². The molecule has 2 heterocycles. The smallest absolute Gasteiger partial charge is 0.237 e. The van der Waals surface area contributed by atoms with Gasteiger partial charge in [0.05, 0.1) is 0 Å². The molecular weight excluding hydrogens is 268 g/mol. The topological polar surface area (TPSA) is 80.5 Å². The third kappa shape index (κ3) is 2.16.